The molecule has 2 aliphatic rings. The Morgan fingerprint density at radius 1 is 1.42 bits per heavy atom. The van der Waals surface area contributed by atoms with Crippen LogP contribution in [0.4, 0.5) is 0 Å². The molecule has 1 saturated heterocycles. The monoisotopic (exact) mass is 378 g/mol. The van der Waals surface area contributed by atoms with E-state index in [9.17, 15) is 4.79 Å². The molecule has 0 radical (unpaired) electrons. The second-order valence-electron chi connectivity index (χ2n) is 6.55. The number of aromatic nitrogens is 2. The van der Waals surface area contributed by atoms with Gasteiger partial charge in [0, 0.05) is 25.2 Å². The van der Waals surface area contributed by atoms with Gasteiger partial charge in [-0.1, -0.05) is 6.42 Å². The van der Waals surface area contributed by atoms with Crippen LogP contribution >= 0.6 is 24.8 Å². The van der Waals surface area contributed by atoms with Crippen molar-refractivity contribution in [2.45, 2.75) is 38.8 Å². The Balaban J connectivity index is 0.00000144. The summed E-state index contributed by atoms with van der Waals surface area (Å²) in [5.41, 5.74) is 6.96. The molecule has 1 aromatic heterocycles. The van der Waals surface area contributed by atoms with Crippen LogP contribution in [0.25, 0.3) is 0 Å². The Labute approximate surface area is 155 Å². The molecule has 3 rings (SSSR count). The van der Waals surface area contributed by atoms with Gasteiger partial charge in [-0.2, -0.15) is 5.10 Å². The van der Waals surface area contributed by atoms with Gasteiger partial charge in [0.05, 0.1) is 25.5 Å². The highest BCUT2D eigenvalue weighted by Crippen LogP contribution is 2.32. The molecule has 6 nitrogen and oxygen atoms in total. The molecule has 1 amide bonds. The number of rotatable bonds is 4. The minimum absolute atomic E-state index is 0. The molecule has 1 saturated carbocycles. The van der Waals surface area contributed by atoms with E-state index in [1.54, 1.807) is 0 Å². The molecule has 1 unspecified atom stereocenters. The fraction of sp³-hybridized carbons (Fsp3) is 0.750. The van der Waals surface area contributed by atoms with Crippen molar-refractivity contribution in [1.29, 1.82) is 0 Å². The number of morpholine rings is 1. The number of hydrogen-bond acceptors (Lipinski definition) is 4. The van der Waals surface area contributed by atoms with E-state index < -0.39 is 0 Å². The van der Waals surface area contributed by atoms with Crippen LogP contribution in [-0.4, -0.2) is 52.9 Å². The molecule has 1 aliphatic heterocycles. The number of ether oxygens (including phenoxy) is 1. The van der Waals surface area contributed by atoms with Gasteiger partial charge in [0.25, 0.3) is 0 Å². The molecule has 1 aliphatic carbocycles. The van der Waals surface area contributed by atoms with Gasteiger partial charge in [-0.15, -0.1) is 24.8 Å². The first-order valence-electron chi connectivity index (χ1n) is 8.27. The van der Waals surface area contributed by atoms with Gasteiger partial charge in [-0.25, -0.2) is 0 Å². The van der Waals surface area contributed by atoms with Gasteiger partial charge in [-0.3, -0.25) is 9.48 Å². The minimum Gasteiger partial charge on any atom is -0.373 e. The third-order valence-corrected chi connectivity index (χ3v) is 4.88. The van der Waals surface area contributed by atoms with Crippen LogP contribution in [0.5, 0.6) is 0 Å². The van der Waals surface area contributed by atoms with E-state index in [-0.39, 0.29) is 42.7 Å². The van der Waals surface area contributed by atoms with Crippen LogP contribution in [0.1, 0.15) is 24.8 Å². The van der Waals surface area contributed by atoms with Crippen molar-refractivity contribution >= 4 is 30.7 Å². The molecule has 0 spiro atoms. The zero-order valence-corrected chi connectivity index (χ0v) is 15.7. The van der Waals surface area contributed by atoms with Gasteiger partial charge in [0.2, 0.25) is 5.91 Å². The molecule has 3 atom stereocenters. The van der Waals surface area contributed by atoms with Crippen LogP contribution in [-0.2, 0) is 16.1 Å². The van der Waals surface area contributed by atoms with E-state index in [1.807, 2.05) is 28.9 Å². The lowest BCUT2D eigenvalue weighted by atomic mass is 9.94. The number of halogens is 2. The maximum absolute atomic E-state index is 12.8. The normalized spacial score (nSPS) is 26.6. The molecule has 0 bridgehead atoms. The van der Waals surface area contributed by atoms with Crippen molar-refractivity contribution in [1.82, 2.24) is 14.7 Å². The first kappa shape index (κ1) is 21.2. The summed E-state index contributed by atoms with van der Waals surface area (Å²) >= 11 is 0. The molecular weight excluding hydrogens is 351 g/mol. The highest BCUT2D eigenvalue weighted by molar-refractivity contribution is 5.85. The van der Waals surface area contributed by atoms with Gasteiger partial charge < -0.3 is 15.4 Å². The summed E-state index contributed by atoms with van der Waals surface area (Å²) in [5.74, 6) is 0.760. The molecule has 2 fully saturated rings. The zero-order valence-electron chi connectivity index (χ0n) is 14.1. The van der Waals surface area contributed by atoms with E-state index in [2.05, 4.69) is 5.10 Å². The van der Waals surface area contributed by atoms with E-state index in [0.29, 0.717) is 38.7 Å². The Hall–Kier alpha value is -0.820. The number of amides is 1. The summed E-state index contributed by atoms with van der Waals surface area (Å²) in [6.07, 6.45) is 7.07. The summed E-state index contributed by atoms with van der Waals surface area (Å²) in [4.78, 5) is 14.7. The number of nitrogens with zero attached hydrogens (tertiary/aromatic N) is 3. The van der Waals surface area contributed by atoms with E-state index in [1.165, 1.54) is 0 Å². The maximum Gasteiger partial charge on any atom is 0.226 e. The SMILES string of the molecule is Cc1cnn(CC2CN(C(=O)[C@@H]3CCC[C@@H]3CN)CCO2)c1.Cl.Cl. The lowest BCUT2D eigenvalue weighted by molar-refractivity contribution is -0.144. The van der Waals surface area contributed by atoms with Crippen molar-refractivity contribution in [2.75, 3.05) is 26.2 Å². The van der Waals surface area contributed by atoms with Crippen molar-refractivity contribution in [3.63, 3.8) is 0 Å². The fourth-order valence-electron chi connectivity index (χ4n) is 3.68. The zero-order chi connectivity index (χ0) is 15.5. The fourth-order valence-corrected chi connectivity index (χ4v) is 3.68. The standard InChI is InChI=1S/C16H26N4O2.2ClH/c1-12-8-18-20(9-12)11-14-10-19(5-6-22-14)16(21)15-4-2-3-13(15)7-17;;/h8-9,13-15H,2-7,10-11,17H2,1H3;2*1H/t13-,14?,15-;;/m1../s1. The summed E-state index contributed by atoms with van der Waals surface area (Å²) in [7, 11) is 0. The van der Waals surface area contributed by atoms with Crippen molar-refractivity contribution in [3.05, 3.63) is 18.0 Å². The third kappa shape index (κ3) is 4.85. The van der Waals surface area contributed by atoms with E-state index in [0.717, 1.165) is 24.8 Å². The predicted molar refractivity (Wildman–Crippen MR) is 97.7 cm³/mol. The van der Waals surface area contributed by atoms with Gasteiger partial charge in [0.1, 0.15) is 0 Å². The van der Waals surface area contributed by atoms with E-state index in [4.69, 9.17) is 10.5 Å². The third-order valence-electron chi connectivity index (χ3n) is 4.88. The Kier molecular flexibility index (Phi) is 8.50. The van der Waals surface area contributed by atoms with Crippen molar-refractivity contribution in [3.8, 4) is 0 Å². The number of carbonyl (C=O) groups is 1. The smallest absolute Gasteiger partial charge is 0.226 e. The largest absolute Gasteiger partial charge is 0.373 e. The molecule has 24 heavy (non-hydrogen) atoms. The van der Waals surface area contributed by atoms with Gasteiger partial charge >= 0.3 is 0 Å². The number of aryl methyl sites for hydroxylation is 1. The lowest BCUT2D eigenvalue weighted by Gasteiger charge is -2.35. The second kappa shape index (κ2) is 9.61. The molecule has 1 aromatic rings. The topological polar surface area (TPSA) is 73.4 Å². The first-order valence-corrected chi connectivity index (χ1v) is 8.27. The molecule has 138 valence electrons. The quantitative estimate of drug-likeness (QED) is 0.863. The highest BCUT2D eigenvalue weighted by atomic mass is 35.5. The summed E-state index contributed by atoms with van der Waals surface area (Å²) in [6.45, 7) is 5.30. The molecular formula is C16H28Cl2N4O2. The number of hydrogen-bond donors (Lipinski definition) is 1. The number of nitrogens with two attached hydrogens (primary N) is 1. The van der Waals surface area contributed by atoms with Crippen LogP contribution in [0.2, 0.25) is 0 Å². The Morgan fingerprint density at radius 2 is 2.21 bits per heavy atom. The predicted octanol–water partition coefficient (Wildman–Crippen LogP) is 1.64. The summed E-state index contributed by atoms with van der Waals surface area (Å²) in [6, 6.07) is 0. The average molecular weight is 379 g/mol. The van der Waals surface area contributed by atoms with Gasteiger partial charge in [-0.05, 0) is 37.8 Å². The summed E-state index contributed by atoms with van der Waals surface area (Å²) in [5, 5.41) is 4.30. The molecule has 2 N–H and O–H groups in total. The first-order chi connectivity index (χ1) is 10.7. The van der Waals surface area contributed by atoms with Crippen LogP contribution in [0.3, 0.4) is 0 Å². The average Bonchev–Trinajstić information content (AvgIpc) is 3.15. The highest BCUT2D eigenvalue weighted by Gasteiger charge is 2.36. The Bertz CT molecular complexity index is 526. The Morgan fingerprint density at radius 3 is 2.88 bits per heavy atom. The van der Waals surface area contributed by atoms with Crippen molar-refractivity contribution in [2.24, 2.45) is 17.6 Å². The lowest BCUT2D eigenvalue weighted by Crippen LogP contribution is -2.49. The van der Waals surface area contributed by atoms with E-state index >= 15 is 0 Å². The van der Waals surface area contributed by atoms with Gasteiger partial charge in [0.15, 0.2) is 0 Å². The summed E-state index contributed by atoms with van der Waals surface area (Å²) < 4.78 is 7.70. The van der Waals surface area contributed by atoms with Crippen molar-refractivity contribution < 1.29 is 9.53 Å². The van der Waals surface area contributed by atoms with Crippen LogP contribution in [0, 0.1) is 18.8 Å². The number of carbonyl (C=O) groups excluding carboxylic acids is 1. The second-order valence-corrected chi connectivity index (χ2v) is 6.55. The molecule has 8 heteroatoms. The minimum atomic E-state index is 0. The molecule has 0 aromatic carbocycles. The van der Waals surface area contributed by atoms with Crippen LogP contribution in [0.15, 0.2) is 12.4 Å². The molecule has 2 heterocycles. The van der Waals surface area contributed by atoms with Crippen LogP contribution < -0.4 is 5.73 Å². The maximum atomic E-state index is 12.8.